The van der Waals surface area contributed by atoms with Crippen LogP contribution in [0, 0.1) is 0 Å². The normalized spacial score (nSPS) is 30.8. The lowest BCUT2D eigenvalue weighted by Gasteiger charge is -2.50. The fraction of sp³-hybridized carbons (Fsp3) is 0.667. The topological polar surface area (TPSA) is 35.5 Å². The lowest BCUT2D eigenvalue weighted by Crippen LogP contribution is -2.56. The number of benzene rings is 1. The molecule has 0 spiro atoms. The van der Waals surface area contributed by atoms with E-state index >= 15 is 0 Å². The maximum Gasteiger partial charge on any atom is 0.0914 e. The Morgan fingerprint density at radius 2 is 1.91 bits per heavy atom. The molecule has 0 radical (unpaired) electrons. The van der Waals surface area contributed by atoms with Crippen LogP contribution in [0.3, 0.4) is 0 Å². The predicted octanol–water partition coefficient (Wildman–Crippen LogP) is 3.37. The quantitative estimate of drug-likeness (QED) is 0.872. The summed E-state index contributed by atoms with van der Waals surface area (Å²) in [5, 5.41) is 14.5. The third-order valence-electron chi connectivity index (χ3n) is 5.54. The van der Waals surface area contributed by atoms with Crippen LogP contribution in [0.5, 0.6) is 0 Å². The first-order valence-electron chi connectivity index (χ1n) is 8.49. The van der Waals surface area contributed by atoms with Gasteiger partial charge >= 0.3 is 0 Å². The molecule has 2 N–H and O–H groups in total. The molecular formula is C18H27ClN2O. The molecule has 122 valence electrons. The monoisotopic (exact) mass is 322 g/mol. The van der Waals surface area contributed by atoms with Gasteiger partial charge in [-0.15, -0.1) is 0 Å². The van der Waals surface area contributed by atoms with Crippen molar-refractivity contribution < 1.29 is 5.11 Å². The van der Waals surface area contributed by atoms with Crippen LogP contribution in [0.15, 0.2) is 24.3 Å². The van der Waals surface area contributed by atoms with Gasteiger partial charge in [0.25, 0.3) is 0 Å². The molecule has 4 heteroatoms. The minimum Gasteiger partial charge on any atom is -0.387 e. The summed E-state index contributed by atoms with van der Waals surface area (Å²) < 4.78 is 0. The van der Waals surface area contributed by atoms with Gasteiger partial charge in [-0.2, -0.15) is 0 Å². The van der Waals surface area contributed by atoms with Crippen molar-refractivity contribution in [3.8, 4) is 0 Å². The van der Waals surface area contributed by atoms with Gasteiger partial charge in [0.1, 0.15) is 0 Å². The Morgan fingerprint density at radius 3 is 2.45 bits per heavy atom. The highest BCUT2D eigenvalue weighted by Gasteiger charge is 2.38. The van der Waals surface area contributed by atoms with Gasteiger partial charge in [-0.25, -0.2) is 0 Å². The van der Waals surface area contributed by atoms with Gasteiger partial charge in [-0.3, -0.25) is 4.90 Å². The van der Waals surface area contributed by atoms with E-state index < -0.39 is 6.10 Å². The Morgan fingerprint density at radius 1 is 1.27 bits per heavy atom. The maximum absolute atomic E-state index is 10.3. The number of rotatable bonds is 5. The van der Waals surface area contributed by atoms with Gasteiger partial charge in [0.15, 0.2) is 0 Å². The molecule has 1 aromatic rings. The van der Waals surface area contributed by atoms with Gasteiger partial charge in [0, 0.05) is 23.1 Å². The molecule has 1 aliphatic heterocycles. The highest BCUT2D eigenvalue weighted by Crippen LogP contribution is 2.36. The molecule has 2 aliphatic rings. The minimum atomic E-state index is -0.457. The molecular weight excluding hydrogens is 296 g/mol. The third-order valence-corrected chi connectivity index (χ3v) is 5.79. The number of aliphatic hydroxyl groups is 1. The summed E-state index contributed by atoms with van der Waals surface area (Å²) in [4.78, 5) is 2.64. The molecule has 0 aromatic heterocycles. The van der Waals surface area contributed by atoms with Crippen LogP contribution in [0.4, 0.5) is 0 Å². The lowest BCUT2D eigenvalue weighted by atomic mass is 9.78. The first kappa shape index (κ1) is 16.3. The van der Waals surface area contributed by atoms with E-state index in [4.69, 9.17) is 11.6 Å². The molecule has 3 nitrogen and oxygen atoms in total. The number of halogens is 1. The number of hydrogen-bond acceptors (Lipinski definition) is 3. The highest BCUT2D eigenvalue weighted by atomic mass is 35.5. The summed E-state index contributed by atoms with van der Waals surface area (Å²) in [5.74, 6) is 0. The molecule has 1 aromatic carbocycles. The first-order valence-corrected chi connectivity index (χ1v) is 8.87. The van der Waals surface area contributed by atoms with Crippen molar-refractivity contribution in [1.29, 1.82) is 0 Å². The van der Waals surface area contributed by atoms with Gasteiger partial charge in [-0.1, -0.05) is 23.7 Å². The molecule has 0 bridgehead atoms. The fourth-order valence-corrected chi connectivity index (χ4v) is 3.82. The Bertz CT molecular complexity index is 478. The Balaban J connectivity index is 1.44. The largest absolute Gasteiger partial charge is 0.387 e. The highest BCUT2D eigenvalue weighted by molar-refractivity contribution is 6.30. The third kappa shape index (κ3) is 3.65. The molecule has 1 atom stereocenters. The summed E-state index contributed by atoms with van der Waals surface area (Å²) in [6.45, 7) is 5.60. The summed E-state index contributed by atoms with van der Waals surface area (Å²) in [7, 11) is 0. The zero-order valence-electron chi connectivity index (χ0n) is 13.4. The van der Waals surface area contributed by atoms with Gasteiger partial charge in [0.05, 0.1) is 6.10 Å². The van der Waals surface area contributed by atoms with Crippen LogP contribution in [-0.2, 0) is 0 Å². The average Bonchev–Trinajstić information content (AvgIpc) is 2.45. The van der Waals surface area contributed by atoms with E-state index in [-0.39, 0.29) is 0 Å². The summed E-state index contributed by atoms with van der Waals surface area (Å²) in [6.07, 6.45) is 5.86. The van der Waals surface area contributed by atoms with Crippen LogP contribution in [0.2, 0.25) is 5.02 Å². The molecule has 2 fully saturated rings. The molecule has 1 aliphatic carbocycles. The van der Waals surface area contributed by atoms with E-state index in [1.54, 1.807) is 0 Å². The number of aliphatic hydroxyl groups excluding tert-OH is 1. The summed E-state index contributed by atoms with van der Waals surface area (Å²) in [5.41, 5.74) is 1.35. The Kier molecular flexibility index (Phi) is 5.08. The summed E-state index contributed by atoms with van der Waals surface area (Å²) in [6, 6.07) is 8.00. The van der Waals surface area contributed by atoms with Crippen molar-refractivity contribution in [3.05, 3.63) is 34.9 Å². The smallest absolute Gasteiger partial charge is 0.0914 e. The van der Waals surface area contributed by atoms with Crippen LogP contribution in [-0.4, -0.2) is 41.2 Å². The van der Waals surface area contributed by atoms with Crippen molar-refractivity contribution in [1.82, 2.24) is 10.2 Å². The van der Waals surface area contributed by atoms with E-state index in [0.29, 0.717) is 23.1 Å². The fourth-order valence-electron chi connectivity index (χ4n) is 3.70. The minimum absolute atomic E-state index is 0.422. The zero-order chi connectivity index (χ0) is 15.6. The SMILES string of the molecule is CC1(N2CCC2)CCC(NC[C@H](O)c2ccc(Cl)cc2)CC1. The van der Waals surface area contributed by atoms with Crippen molar-refractivity contribution in [2.24, 2.45) is 0 Å². The van der Waals surface area contributed by atoms with E-state index in [1.165, 1.54) is 45.2 Å². The van der Waals surface area contributed by atoms with Crippen molar-refractivity contribution in [3.63, 3.8) is 0 Å². The number of likely N-dealkylation sites (tertiary alicyclic amines) is 1. The average molecular weight is 323 g/mol. The van der Waals surface area contributed by atoms with E-state index in [0.717, 1.165) is 5.56 Å². The molecule has 0 amide bonds. The summed E-state index contributed by atoms with van der Waals surface area (Å²) >= 11 is 5.88. The second kappa shape index (κ2) is 6.88. The number of hydrogen-bond donors (Lipinski definition) is 2. The van der Waals surface area contributed by atoms with Crippen LogP contribution >= 0.6 is 11.6 Å². The standard InChI is InChI=1S/C18H27ClN2O/c1-18(21-11-2-12-21)9-7-16(8-10-18)20-13-17(22)14-3-5-15(19)6-4-14/h3-6,16-17,20,22H,2,7-13H2,1H3/t16?,17-,18?/m0/s1. The van der Waals surface area contributed by atoms with E-state index in [1.807, 2.05) is 24.3 Å². The van der Waals surface area contributed by atoms with Crippen LogP contribution in [0.1, 0.15) is 50.7 Å². The lowest BCUT2D eigenvalue weighted by molar-refractivity contribution is 0.00775. The Labute approximate surface area is 138 Å². The first-order chi connectivity index (χ1) is 10.6. The van der Waals surface area contributed by atoms with Gasteiger partial charge in [-0.05, 0) is 69.8 Å². The van der Waals surface area contributed by atoms with Gasteiger partial charge < -0.3 is 10.4 Å². The van der Waals surface area contributed by atoms with Crippen molar-refractivity contribution in [2.45, 2.75) is 56.7 Å². The molecule has 0 unspecified atom stereocenters. The molecule has 22 heavy (non-hydrogen) atoms. The molecule has 1 heterocycles. The second-order valence-electron chi connectivity index (χ2n) is 7.09. The van der Waals surface area contributed by atoms with Crippen LogP contribution in [0.25, 0.3) is 0 Å². The van der Waals surface area contributed by atoms with Crippen molar-refractivity contribution >= 4 is 11.6 Å². The molecule has 1 saturated heterocycles. The maximum atomic E-state index is 10.3. The predicted molar refractivity (Wildman–Crippen MR) is 91.3 cm³/mol. The van der Waals surface area contributed by atoms with Crippen molar-refractivity contribution in [2.75, 3.05) is 19.6 Å². The zero-order valence-corrected chi connectivity index (χ0v) is 14.1. The van der Waals surface area contributed by atoms with Gasteiger partial charge in [0.2, 0.25) is 0 Å². The molecule has 3 rings (SSSR count). The van der Waals surface area contributed by atoms with E-state index in [2.05, 4.69) is 17.1 Å². The molecule has 1 saturated carbocycles. The van der Waals surface area contributed by atoms with E-state index in [9.17, 15) is 5.11 Å². The second-order valence-corrected chi connectivity index (χ2v) is 7.52. The number of nitrogens with one attached hydrogen (secondary N) is 1. The Hall–Kier alpha value is -0.610. The number of nitrogens with zero attached hydrogens (tertiary/aromatic N) is 1. The van der Waals surface area contributed by atoms with Crippen LogP contribution < -0.4 is 5.32 Å².